The van der Waals surface area contributed by atoms with E-state index in [1.807, 2.05) is 0 Å². The van der Waals surface area contributed by atoms with E-state index in [1.165, 1.54) is 63.5 Å². The Hall–Kier alpha value is -0.830. The van der Waals surface area contributed by atoms with E-state index in [0.29, 0.717) is 12.1 Å². The first kappa shape index (κ1) is 13.2. The van der Waals surface area contributed by atoms with Crippen molar-refractivity contribution in [1.29, 1.82) is 0 Å². The lowest BCUT2D eigenvalue weighted by atomic mass is 9.84. The molecule has 0 atom stereocenters. The summed E-state index contributed by atoms with van der Waals surface area (Å²) >= 11 is 0. The summed E-state index contributed by atoms with van der Waals surface area (Å²) in [4.78, 5) is 0. The molecule has 19 heavy (non-hydrogen) atoms. The number of aromatic nitrogens is 2. The molecule has 0 unspecified atom stereocenters. The fourth-order valence-corrected chi connectivity index (χ4v) is 3.72. The third-order valence-corrected chi connectivity index (χ3v) is 5.00. The van der Waals surface area contributed by atoms with Gasteiger partial charge < -0.3 is 5.73 Å². The molecule has 0 aromatic carbocycles. The van der Waals surface area contributed by atoms with Gasteiger partial charge in [-0.1, -0.05) is 19.3 Å². The van der Waals surface area contributed by atoms with Gasteiger partial charge in [0.15, 0.2) is 0 Å². The molecule has 0 amide bonds. The Kier molecular flexibility index (Phi) is 4.21. The molecule has 2 N–H and O–H groups in total. The highest BCUT2D eigenvalue weighted by molar-refractivity contribution is 5.02. The van der Waals surface area contributed by atoms with E-state index < -0.39 is 0 Å². The van der Waals surface area contributed by atoms with Crippen molar-refractivity contribution in [3.8, 4) is 0 Å². The van der Waals surface area contributed by atoms with Gasteiger partial charge in [-0.05, 0) is 56.9 Å². The molecular weight excluding hydrogens is 234 g/mol. The van der Waals surface area contributed by atoms with E-state index in [1.54, 1.807) is 0 Å². The summed E-state index contributed by atoms with van der Waals surface area (Å²) in [7, 11) is 0. The van der Waals surface area contributed by atoms with Crippen LogP contribution in [0.3, 0.4) is 0 Å². The summed E-state index contributed by atoms with van der Waals surface area (Å²) in [5.41, 5.74) is 7.27. The van der Waals surface area contributed by atoms with Crippen LogP contribution in [-0.4, -0.2) is 15.8 Å². The minimum absolute atomic E-state index is 0.455. The first-order chi connectivity index (χ1) is 9.31. The SMILES string of the molecule is NC1CCC(Cc2ccn(C3CCCCC3)n2)CC1. The van der Waals surface area contributed by atoms with Crippen LogP contribution in [0.2, 0.25) is 0 Å². The molecule has 3 rings (SSSR count). The maximum absolute atomic E-state index is 5.97. The molecule has 0 bridgehead atoms. The van der Waals surface area contributed by atoms with Gasteiger partial charge in [0.25, 0.3) is 0 Å². The van der Waals surface area contributed by atoms with Gasteiger partial charge in [-0.3, -0.25) is 4.68 Å². The summed E-state index contributed by atoms with van der Waals surface area (Å²) in [5, 5.41) is 4.83. The number of rotatable bonds is 3. The van der Waals surface area contributed by atoms with Crippen LogP contribution in [-0.2, 0) is 6.42 Å². The second kappa shape index (κ2) is 6.08. The molecule has 2 aliphatic rings. The summed E-state index contributed by atoms with van der Waals surface area (Å²) in [6.07, 6.45) is 15.1. The quantitative estimate of drug-likeness (QED) is 0.905. The average Bonchev–Trinajstić information content (AvgIpc) is 2.91. The topological polar surface area (TPSA) is 43.8 Å². The van der Waals surface area contributed by atoms with Crippen LogP contribution in [0.5, 0.6) is 0 Å². The molecule has 3 nitrogen and oxygen atoms in total. The van der Waals surface area contributed by atoms with Crippen molar-refractivity contribution in [2.45, 2.75) is 76.3 Å². The van der Waals surface area contributed by atoms with Crippen LogP contribution in [0.25, 0.3) is 0 Å². The molecule has 0 aliphatic heterocycles. The second-order valence-electron chi connectivity index (χ2n) is 6.56. The molecule has 1 heterocycles. The molecule has 2 fully saturated rings. The third-order valence-electron chi connectivity index (χ3n) is 5.00. The van der Waals surface area contributed by atoms with Crippen molar-refractivity contribution >= 4 is 0 Å². The summed E-state index contributed by atoms with van der Waals surface area (Å²) in [6, 6.07) is 3.36. The van der Waals surface area contributed by atoms with E-state index in [9.17, 15) is 0 Å². The standard InChI is InChI=1S/C16H27N3/c17-14-8-6-13(7-9-14)12-15-10-11-19(18-15)16-4-2-1-3-5-16/h10-11,13-14,16H,1-9,12,17H2. The highest BCUT2D eigenvalue weighted by Crippen LogP contribution is 2.29. The molecule has 2 aliphatic carbocycles. The van der Waals surface area contributed by atoms with Gasteiger partial charge in [0.2, 0.25) is 0 Å². The zero-order valence-corrected chi connectivity index (χ0v) is 11.9. The van der Waals surface area contributed by atoms with E-state index in [2.05, 4.69) is 16.9 Å². The molecule has 0 radical (unpaired) electrons. The van der Waals surface area contributed by atoms with Crippen LogP contribution in [0, 0.1) is 5.92 Å². The van der Waals surface area contributed by atoms with E-state index in [-0.39, 0.29) is 0 Å². The summed E-state index contributed by atoms with van der Waals surface area (Å²) < 4.78 is 2.24. The minimum Gasteiger partial charge on any atom is -0.328 e. The first-order valence-electron chi connectivity index (χ1n) is 8.11. The van der Waals surface area contributed by atoms with Gasteiger partial charge in [-0.15, -0.1) is 0 Å². The number of nitrogens with zero attached hydrogens (tertiary/aromatic N) is 2. The Labute approximate surface area is 116 Å². The molecular formula is C16H27N3. The predicted octanol–water partition coefficient (Wildman–Crippen LogP) is 3.45. The normalized spacial score (nSPS) is 29.5. The monoisotopic (exact) mass is 261 g/mol. The molecule has 1 aromatic rings. The lowest BCUT2D eigenvalue weighted by molar-refractivity contribution is 0.313. The summed E-state index contributed by atoms with van der Waals surface area (Å²) in [6.45, 7) is 0. The largest absolute Gasteiger partial charge is 0.328 e. The molecule has 2 saturated carbocycles. The van der Waals surface area contributed by atoms with E-state index in [4.69, 9.17) is 10.8 Å². The van der Waals surface area contributed by atoms with Gasteiger partial charge in [0, 0.05) is 12.2 Å². The van der Waals surface area contributed by atoms with Crippen molar-refractivity contribution in [2.24, 2.45) is 11.7 Å². The van der Waals surface area contributed by atoms with Crippen LogP contribution < -0.4 is 5.73 Å². The Balaban J connectivity index is 1.55. The highest BCUT2D eigenvalue weighted by atomic mass is 15.3. The van der Waals surface area contributed by atoms with Gasteiger partial charge in [-0.25, -0.2) is 0 Å². The average molecular weight is 261 g/mol. The minimum atomic E-state index is 0.455. The number of hydrogen-bond acceptors (Lipinski definition) is 2. The Morgan fingerprint density at radius 2 is 1.79 bits per heavy atom. The summed E-state index contributed by atoms with van der Waals surface area (Å²) in [5.74, 6) is 0.814. The van der Waals surface area contributed by atoms with Gasteiger partial charge in [0.05, 0.1) is 11.7 Å². The molecule has 0 spiro atoms. The smallest absolute Gasteiger partial charge is 0.0627 e. The third kappa shape index (κ3) is 3.38. The molecule has 1 aromatic heterocycles. The lowest BCUT2D eigenvalue weighted by Gasteiger charge is -2.25. The van der Waals surface area contributed by atoms with Crippen molar-refractivity contribution in [1.82, 2.24) is 9.78 Å². The Morgan fingerprint density at radius 3 is 2.53 bits per heavy atom. The molecule has 106 valence electrons. The van der Waals surface area contributed by atoms with E-state index >= 15 is 0 Å². The van der Waals surface area contributed by atoms with Gasteiger partial charge in [0.1, 0.15) is 0 Å². The Bertz CT molecular complexity index is 384. The predicted molar refractivity (Wildman–Crippen MR) is 78.0 cm³/mol. The fourth-order valence-electron chi connectivity index (χ4n) is 3.72. The maximum Gasteiger partial charge on any atom is 0.0627 e. The van der Waals surface area contributed by atoms with E-state index in [0.717, 1.165) is 12.3 Å². The van der Waals surface area contributed by atoms with Crippen LogP contribution >= 0.6 is 0 Å². The number of nitrogens with two attached hydrogens (primary N) is 1. The maximum atomic E-state index is 5.97. The first-order valence-corrected chi connectivity index (χ1v) is 8.11. The van der Waals surface area contributed by atoms with Crippen molar-refractivity contribution in [3.05, 3.63) is 18.0 Å². The lowest BCUT2D eigenvalue weighted by Crippen LogP contribution is -2.27. The Morgan fingerprint density at radius 1 is 1.05 bits per heavy atom. The molecule has 3 heteroatoms. The fraction of sp³-hybridized carbons (Fsp3) is 0.812. The van der Waals surface area contributed by atoms with Crippen LogP contribution in [0.4, 0.5) is 0 Å². The van der Waals surface area contributed by atoms with Gasteiger partial charge in [-0.2, -0.15) is 5.10 Å². The van der Waals surface area contributed by atoms with Crippen LogP contribution in [0.1, 0.15) is 69.5 Å². The van der Waals surface area contributed by atoms with Gasteiger partial charge >= 0.3 is 0 Å². The van der Waals surface area contributed by atoms with Crippen LogP contribution in [0.15, 0.2) is 12.3 Å². The zero-order valence-electron chi connectivity index (χ0n) is 11.9. The zero-order chi connectivity index (χ0) is 13.1. The highest BCUT2D eigenvalue weighted by Gasteiger charge is 2.20. The molecule has 0 saturated heterocycles. The number of hydrogen-bond donors (Lipinski definition) is 1. The van der Waals surface area contributed by atoms with Crippen molar-refractivity contribution in [3.63, 3.8) is 0 Å². The van der Waals surface area contributed by atoms with Crippen molar-refractivity contribution in [2.75, 3.05) is 0 Å². The van der Waals surface area contributed by atoms with Crippen molar-refractivity contribution < 1.29 is 0 Å². The second-order valence-corrected chi connectivity index (χ2v) is 6.56.